The molecule has 0 saturated heterocycles. The zero-order valence-electron chi connectivity index (χ0n) is 11.7. The number of pyridine rings is 1. The zero-order valence-corrected chi connectivity index (χ0v) is 12.5. The van der Waals surface area contributed by atoms with Gasteiger partial charge in [0.1, 0.15) is 5.82 Å². The predicted molar refractivity (Wildman–Crippen MR) is 86.1 cm³/mol. The Morgan fingerprint density at radius 2 is 2.10 bits per heavy atom. The Morgan fingerprint density at radius 1 is 1.40 bits per heavy atom. The number of hydrogen-bond acceptors (Lipinski definition) is 4. The van der Waals surface area contributed by atoms with Gasteiger partial charge in [0.25, 0.3) is 5.91 Å². The first-order valence-corrected chi connectivity index (χ1v) is 7.80. The van der Waals surface area contributed by atoms with Crippen molar-refractivity contribution in [3.63, 3.8) is 0 Å². The molecule has 106 valence electrons. The maximum atomic E-state index is 12.3. The Balaban J connectivity index is 2.24. The van der Waals surface area contributed by atoms with Crippen LogP contribution in [0.5, 0.6) is 0 Å². The van der Waals surface area contributed by atoms with E-state index >= 15 is 0 Å². The van der Waals surface area contributed by atoms with Crippen LogP contribution in [0.3, 0.4) is 0 Å². The number of carbonyl (C=O) groups excluding carboxylic acids is 1. The molecule has 0 fully saturated rings. The van der Waals surface area contributed by atoms with Gasteiger partial charge in [0.05, 0.1) is 5.56 Å². The number of fused-ring (bicyclic) bond motifs is 1. The lowest BCUT2D eigenvalue weighted by Crippen LogP contribution is -2.34. The molecule has 0 aliphatic rings. The molecule has 0 saturated carbocycles. The topological polar surface area (TPSA) is 68.0 Å². The SMILES string of the molecule is CCSCC(C)NC(=O)c1cnc(N)c2ccccc12. The molecular formula is C15H19N3OS. The van der Waals surface area contributed by atoms with E-state index < -0.39 is 0 Å². The van der Waals surface area contributed by atoms with Gasteiger partial charge in [-0.05, 0) is 18.1 Å². The van der Waals surface area contributed by atoms with E-state index in [0.717, 1.165) is 22.3 Å². The van der Waals surface area contributed by atoms with Gasteiger partial charge in [-0.2, -0.15) is 11.8 Å². The molecule has 2 rings (SSSR count). The minimum atomic E-state index is -0.0992. The third-order valence-corrected chi connectivity index (χ3v) is 4.16. The monoisotopic (exact) mass is 289 g/mol. The number of nitrogen functional groups attached to an aromatic ring is 1. The first kappa shape index (κ1) is 14.7. The first-order chi connectivity index (χ1) is 9.63. The lowest BCUT2D eigenvalue weighted by molar-refractivity contribution is 0.0945. The Bertz CT molecular complexity index is 615. The summed E-state index contributed by atoms with van der Waals surface area (Å²) in [5.74, 6) is 2.31. The third-order valence-electron chi connectivity index (χ3n) is 3.02. The molecule has 5 heteroatoms. The van der Waals surface area contributed by atoms with Crippen LogP contribution in [-0.4, -0.2) is 28.4 Å². The van der Waals surface area contributed by atoms with Crippen molar-refractivity contribution in [1.29, 1.82) is 0 Å². The first-order valence-electron chi connectivity index (χ1n) is 6.65. The standard InChI is InChI=1S/C15H19N3OS/c1-3-20-9-10(2)18-15(19)13-8-17-14(16)12-7-5-4-6-11(12)13/h4-8,10H,3,9H2,1-2H3,(H2,16,17)(H,18,19). The van der Waals surface area contributed by atoms with Crippen molar-refractivity contribution in [1.82, 2.24) is 10.3 Å². The van der Waals surface area contributed by atoms with Crippen LogP contribution in [0.1, 0.15) is 24.2 Å². The van der Waals surface area contributed by atoms with Crippen molar-refractivity contribution < 1.29 is 4.79 Å². The molecular weight excluding hydrogens is 270 g/mol. The lowest BCUT2D eigenvalue weighted by Gasteiger charge is -2.14. The minimum Gasteiger partial charge on any atom is -0.383 e. The van der Waals surface area contributed by atoms with Crippen molar-refractivity contribution >= 4 is 34.3 Å². The van der Waals surface area contributed by atoms with Gasteiger partial charge in [0, 0.05) is 23.4 Å². The highest BCUT2D eigenvalue weighted by atomic mass is 32.2. The van der Waals surface area contributed by atoms with Crippen LogP contribution < -0.4 is 11.1 Å². The van der Waals surface area contributed by atoms with E-state index in [-0.39, 0.29) is 11.9 Å². The zero-order chi connectivity index (χ0) is 14.5. The number of aromatic nitrogens is 1. The summed E-state index contributed by atoms with van der Waals surface area (Å²) in [6, 6.07) is 7.69. The number of carbonyl (C=O) groups is 1. The van der Waals surface area contributed by atoms with Gasteiger partial charge in [0.2, 0.25) is 0 Å². The van der Waals surface area contributed by atoms with Crippen molar-refractivity contribution in [2.75, 3.05) is 17.2 Å². The Morgan fingerprint density at radius 3 is 2.80 bits per heavy atom. The van der Waals surface area contributed by atoms with E-state index in [1.807, 2.05) is 43.0 Å². The summed E-state index contributed by atoms with van der Waals surface area (Å²) in [5, 5.41) is 4.66. The summed E-state index contributed by atoms with van der Waals surface area (Å²) in [5.41, 5.74) is 6.42. The number of amides is 1. The van der Waals surface area contributed by atoms with Gasteiger partial charge >= 0.3 is 0 Å². The summed E-state index contributed by atoms with van der Waals surface area (Å²) >= 11 is 1.81. The molecule has 0 radical (unpaired) electrons. The number of nitrogens with two attached hydrogens (primary N) is 1. The van der Waals surface area contributed by atoms with Crippen LogP contribution >= 0.6 is 11.8 Å². The van der Waals surface area contributed by atoms with Crippen LogP contribution in [-0.2, 0) is 0 Å². The highest BCUT2D eigenvalue weighted by Crippen LogP contribution is 2.22. The average Bonchev–Trinajstić information content (AvgIpc) is 2.45. The van der Waals surface area contributed by atoms with E-state index in [2.05, 4.69) is 17.2 Å². The van der Waals surface area contributed by atoms with Crippen LogP contribution in [0.2, 0.25) is 0 Å². The van der Waals surface area contributed by atoms with Crippen molar-refractivity contribution in [3.8, 4) is 0 Å². The fraction of sp³-hybridized carbons (Fsp3) is 0.333. The van der Waals surface area contributed by atoms with Gasteiger partial charge < -0.3 is 11.1 Å². The largest absolute Gasteiger partial charge is 0.383 e. The summed E-state index contributed by atoms with van der Waals surface area (Å²) < 4.78 is 0. The summed E-state index contributed by atoms with van der Waals surface area (Å²) in [6.07, 6.45) is 1.55. The molecule has 0 aliphatic carbocycles. The van der Waals surface area contributed by atoms with Gasteiger partial charge in [0.15, 0.2) is 0 Å². The Hall–Kier alpha value is -1.75. The van der Waals surface area contributed by atoms with E-state index in [9.17, 15) is 4.79 Å². The molecule has 3 N–H and O–H groups in total. The second-order valence-electron chi connectivity index (χ2n) is 4.64. The summed E-state index contributed by atoms with van der Waals surface area (Å²) in [6.45, 7) is 4.12. The van der Waals surface area contributed by atoms with E-state index in [1.54, 1.807) is 6.20 Å². The number of benzene rings is 1. The molecule has 1 amide bonds. The van der Waals surface area contributed by atoms with Gasteiger partial charge in [-0.1, -0.05) is 31.2 Å². The highest BCUT2D eigenvalue weighted by molar-refractivity contribution is 7.99. The van der Waals surface area contributed by atoms with Gasteiger partial charge in [-0.15, -0.1) is 0 Å². The third kappa shape index (κ3) is 3.22. The van der Waals surface area contributed by atoms with Crippen LogP contribution in [0.25, 0.3) is 10.8 Å². The minimum absolute atomic E-state index is 0.0992. The van der Waals surface area contributed by atoms with Crippen LogP contribution in [0.15, 0.2) is 30.5 Å². The molecule has 1 atom stereocenters. The van der Waals surface area contributed by atoms with E-state index in [1.165, 1.54) is 0 Å². The number of rotatable bonds is 5. The van der Waals surface area contributed by atoms with Gasteiger partial charge in [-0.25, -0.2) is 4.98 Å². The summed E-state index contributed by atoms with van der Waals surface area (Å²) in [4.78, 5) is 16.5. The van der Waals surface area contributed by atoms with E-state index in [4.69, 9.17) is 5.73 Å². The van der Waals surface area contributed by atoms with Crippen LogP contribution in [0.4, 0.5) is 5.82 Å². The maximum absolute atomic E-state index is 12.3. The van der Waals surface area contributed by atoms with Crippen molar-refractivity contribution in [2.45, 2.75) is 19.9 Å². The summed E-state index contributed by atoms with van der Waals surface area (Å²) in [7, 11) is 0. The molecule has 0 aliphatic heterocycles. The predicted octanol–water partition coefficient (Wildman–Crippen LogP) is 2.69. The van der Waals surface area contributed by atoms with Crippen molar-refractivity contribution in [3.05, 3.63) is 36.0 Å². The molecule has 4 nitrogen and oxygen atoms in total. The molecule has 1 unspecified atom stereocenters. The van der Waals surface area contributed by atoms with Gasteiger partial charge in [-0.3, -0.25) is 4.79 Å². The fourth-order valence-electron chi connectivity index (χ4n) is 2.03. The lowest BCUT2D eigenvalue weighted by atomic mass is 10.1. The molecule has 1 aromatic carbocycles. The maximum Gasteiger partial charge on any atom is 0.253 e. The fourth-order valence-corrected chi connectivity index (χ4v) is 2.71. The number of nitrogens with zero attached hydrogens (tertiary/aromatic N) is 1. The highest BCUT2D eigenvalue weighted by Gasteiger charge is 2.14. The molecule has 0 spiro atoms. The molecule has 0 bridgehead atoms. The molecule has 2 aromatic rings. The molecule has 1 heterocycles. The second kappa shape index (κ2) is 6.61. The normalized spacial score (nSPS) is 12.3. The number of hydrogen-bond donors (Lipinski definition) is 2. The van der Waals surface area contributed by atoms with Crippen molar-refractivity contribution in [2.24, 2.45) is 0 Å². The molecule has 1 aromatic heterocycles. The van der Waals surface area contributed by atoms with E-state index in [0.29, 0.717) is 11.4 Å². The quantitative estimate of drug-likeness (QED) is 0.888. The Kier molecular flexibility index (Phi) is 4.84. The number of nitrogens with one attached hydrogen (secondary N) is 1. The smallest absolute Gasteiger partial charge is 0.253 e. The van der Waals surface area contributed by atoms with Crippen LogP contribution in [0, 0.1) is 0 Å². The Labute approximate surface area is 123 Å². The average molecular weight is 289 g/mol. The second-order valence-corrected chi connectivity index (χ2v) is 5.96. The number of anilines is 1. The number of thioether (sulfide) groups is 1. The molecule has 20 heavy (non-hydrogen) atoms.